The summed E-state index contributed by atoms with van der Waals surface area (Å²) in [5.41, 5.74) is 4.75. The van der Waals surface area contributed by atoms with Crippen LogP contribution in [0.2, 0.25) is 0 Å². The number of rotatable bonds is 6. The predicted octanol–water partition coefficient (Wildman–Crippen LogP) is 1.84. The van der Waals surface area contributed by atoms with E-state index in [2.05, 4.69) is 0 Å². The van der Waals surface area contributed by atoms with Crippen LogP contribution in [-0.4, -0.2) is 46.6 Å². The first-order valence-electron chi connectivity index (χ1n) is 7.80. The average molecular weight is 350 g/mol. The number of amides is 2. The molecular weight excluding hydrogens is 328 g/mol. The molecule has 1 aliphatic rings. The highest BCUT2D eigenvalue weighted by molar-refractivity contribution is 8.00. The van der Waals surface area contributed by atoms with Crippen LogP contribution in [0.15, 0.2) is 29.2 Å². The fourth-order valence-corrected chi connectivity index (χ4v) is 3.77. The summed E-state index contributed by atoms with van der Waals surface area (Å²) in [6.45, 7) is 4.36. The van der Waals surface area contributed by atoms with E-state index in [-0.39, 0.29) is 24.1 Å². The van der Waals surface area contributed by atoms with Gasteiger partial charge in [0, 0.05) is 18.0 Å². The zero-order valence-electron chi connectivity index (χ0n) is 13.8. The van der Waals surface area contributed by atoms with Gasteiger partial charge in [0.2, 0.25) is 5.91 Å². The maximum Gasteiger partial charge on any atom is 0.311 e. The van der Waals surface area contributed by atoms with Crippen molar-refractivity contribution in [2.75, 3.05) is 18.8 Å². The molecule has 130 valence electrons. The van der Waals surface area contributed by atoms with Crippen LogP contribution in [-0.2, 0) is 9.59 Å². The summed E-state index contributed by atoms with van der Waals surface area (Å²) in [6.07, 6.45) is 0.447. The SMILES string of the molecule is CC(C)C1(C(=O)O)CCN(C(=O)c2ccccc2SCC(N)=O)C1. The number of likely N-dealkylation sites (tertiary alicyclic amines) is 1. The van der Waals surface area contributed by atoms with E-state index in [9.17, 15) is 19.5 Å². The predicted molar refractivity (Wildman–Crippen MR) is 91.8 cm³/mol. The van der Waals surface area contributed by atoms with Gasteiger partial charge >= 0.3 is 5.97 Å². The number of carbonyl (C=O) groups excluding carboxylic acids is 2. The molecule has 0 spiro atoms. The van der Waals surface area contributed by atoms with Gasteiger partial charge in [0.15, 0.2) is 0 Å². The van der Waals surface area contributed by atoms with Crippen LogP contribution in [0.4, 0.5) is 0 Å². The number of carboxylic acids is 1. The molecule has 6 nitrogen and oxygen atoms in total. The number of hydrogen-bond acceptors (Lipinski definition) is 4. The molecule has 1 heterocycles. The molecule has 2 amide bonds. The Morgan fingerprint density at radius 2 is 2.00 bits per heavy atom. The second-order valence-corrected chi connectivity index (χ2v) is 7.36. The molecule has 1 aromatic carbocycles. The number of carboxylic acid groups (broad SMARTS) is 1. The van der Waals surface area contributed by atoms with E-state index in [0.717, 1.165) is 0 Å². The van der Waals surface area contributed by atoms with Crippen LogP contribution in [0.25, 0.3) is 0 Å². The number of aliphatic carboxylic acids is 1. The van der Waals surface area contributed by atoms with Gasteiger partial charge in [-0.25, -0.2) is 0 Å². The first-order chi connectivity index (χ1) is 11.3. The van der Waals surface area contributed by atoms with Gasteiger partial charge in [-0.1, -0.05) is 26.0 Å². The van der Waals surface area contributed by atoms with E-state index in [0.29, 0.717) is 23.4 Å². The highest BCUT2D eigenvalue weighted by Crippen LogP contribution is 2.39. The lowest BCUT2D eigenvalue weighted by Gasteiger charge is -2.28. The Balaban J connectivity index is 2.22. The van der Waals surface area contributed by atoms with Crippen molar-refractivity contribution >= 4 is 29.5 Å². The van der Waals surface area contributed by atoms with E-state index in [4.69, 9.17) is 5.73 Å². The summed E-state index contributed by atoms with van der Waals surface area (Å²) in [7, 11) is 0. The molecule has 0 radical (unpaired) electrons. The lowest BCUT2D eigenvalue weighted by Crippen LogP contribution is -2.40. The Hall–Kier alpha value is -2.02. The van der Waals surface area contributed by atoms with Crippen molar-refractivity contribution in [2.24, 2.45) is 17.1 Å². The van der Waals surface area contributed by atoms with Crippen molar-refractivity contribution in [1.82, 2.24) is 4.90 Å². The van der Waals surface area contributed by atoms with Crippen molar-refractivity contribution in [1.29, 1.82) is 0 Å². The van der Waals surface area contributed by atoms with E-state index in [1.54, 1.807) is 29.2 Å². The van der Waals surface area contributed by atoms with Gasteiger partial charge in [0.1, 0.15) is 0 Å². The molecule has 1 aromatic rings. The number of carbonyl (C=O) groups is 3. The van der Waals surface area contributed by atoms with E-state index >= 15 is 0 Å². The van der Waals surface area contributed by atoms with Crippen molar-refractivity contribution in [2.45, 2.75) is 25.2 Å². The van der Waals surface area contributed by atoms with E-state index < -0.39 is 17.3 Å². The zero-order valence-corrected chi connectivity index (χ0v) is 14.6. The van der Waals surface area contributed by atoms with Crippen LogP contribution in [0.3, 0.4) is 0 Å². The molecule has 24 heavy (non-hydrogen) atoms. The summed E-state index contributed by atoms with van der Waals surface area (Å²) in [6, 6.07) is 7.01. The number of thioether (sulfide) groups is 1. The average Bonchev–Trinajstić information content (AvgIpc) is 2.99. The van der Waals surface area contributed by atoms with Gasteiger partial charge in [-0.15, -0.1) is 11.8 Å². The Bertz CT molecular complexity index is 662. The largest absolute Gasteiger partial charge is 0.481 e. The minimum Gasteiger partial charge on any atom is -0.481 e. The minimum atomic E-state index is -0.898. The van der Waals surface area contributed by atoms with Gasteiger partial charge in [-0.05, 0) is 24.5 Å². The number of benzene rings is 1. The van der Waals surface area contributed by atoms with Crippen LogP contribution < -0.4 is 5.73 Å². The monoisotopic (exact) mass is 350 g/mol. The minimum absolute atomic E-state index is 0.0627. The molecule has 2 rings (SSSR count). The molecule has 0 aliphatic carbocycles. The summed E-state index contributed by atoms with van der Waals surface area (Å²) >= 11 is 1.22. The molecule has 1 fully saturated rings. The molecule has 0 saturated carbocycles. The number of nitrogens with two attached hydrogens (primary N) is 1. The molecule has 1 unspecified atom stereocenters. The molecule has 1 aliphatic heterocycles. The number of nitrogens with zero attached hydrogens (tertiary/aromatic N) is 1. The first kappa shape index (κ1) is 18.3. The van der Waals surface area contributed by atoms with Gasteiger partial charge in [-0.3, -0.25) is 14.4 Å². The normalized spacial score (nSPS) is 20.4. The summed E-state index contributed by atoms with van der Waals surface area (Å²) < 4.78 is 0. The van der Waals surface area contributed by atoms with Crippen LogP contribution in [0.5, 0.6) is 0 Å². The van der Waals surface area contributed by atoms with Gasteiger partial charge in [-0.2, -0.15) is 0 Å². The van der Waals surface area contributed by atoms with Gasteiger partial charge in [0.05, 0.1) is 16.7 Å². The third-order valence-corrected chi connectivity index (χ3v) is 5.70. The number of hydrogen-bond donors (Lipinski definition) is 2. The van der Waals surface area contributed by atoms with Crippen LogP contribution in [0, 0.1) is 11.3 Å². The first-order valence-corrected chi connectivity index (χ1v) is 8.79. The fraction of sp³-hybridized carbons (Fsp3) is 0.471. The van der Waals surface area contributed by atoms with Gasteiger partial charge in [0.25, 0.3) is 5.91 Å². The van der Waals surface area contributed by atoms with Crippen molar-refractivity contribution in [3.63, 3.8) is 0 Å². The third kappa shape index (κ3) is 3.56. The smallest absolute Gasteiger partial charge is 0.311 e. The molecule has 1 atom stereocenters. The molecule has 3 N–H and O–H groups in total. The van der Waals surface area contributed by atoms with Crippen LogP contribution in [0.1, 0.15) is 30.6 Å². The Morgan fingerprint density at radius 1 is 1.33 bits per heavy atom. The van der Waals surface area contributed by atoms with E-state index in [1.165, 1.54) is 11.8 Å². The number of primary amides is 1. The van der Waals surface area contributed by atoms with Crippen molar-refractivity contribution in [3.05, 3.63) is 29.8 Å². The molecule has 0 aromatic heterocycles. The highest BCUT2D eigenvalue weighted by Gasteiger charge is 2.48. The Labute approximate surface area is 145 Å². The molecule has 1 saturated heterocycles. The summed E-state index contributed by atoms with van der Waals surface area (Å²) in [4.78, 5) is 37.8. The topological polar surface area (TPSA) is 101 Å². The molecule has 7 heteroatoms. The lowest BCUT2D eigenvalue weighted by atomic mass is 9.76. The molecule has 0 bridgehead atoms. The summed E-state index contributed by atoms with van der Waals surface area (Å²) in [5.74, 6) is -1.48. The van der Waals surface area contributed by atoms with Crippen LogP contribution >= 0.6 is 11.8 Å². The second-order valence-electron chi connectivity index (χ2n) is 6.34. The second kappa shape index (κ2) is 7.25. The maximum absolute atomic E-state index is 12.8. The Morgan fingerprint density at radius 3 is 2.54 bits per heavy atom. The lowest BCUT2D eigenvalue weighted by molar-refractivity contribution is -0.150. The zero-order chi connectivity index (χ0) is 17.9. The highest BCUT2D eigenvalue weighted by atomic mass is 32.2. The van der Waals surface area contributed by atoms with Gasteiger partial charge < -0.3 is 15.7 Å². The van der Waals surface area contributed by atoms with E-state index in [1.807, 2.05) is 13.8 Å². The third-order valence-electron chi connectivity index (χ3n) is 4.61. The maximum atomic E-state index is 12.8. The summed E-state index contributed by atoms with van der Waals surface area (Å²) in [5, 5.41) is 9.61. The fourth-order valence-electron chi connectivity index (χ4n) is 2.99. The molecular formula is C17H22N2O4S. The standard InChI is InChI=1S/C17H22N2O4S/c1-11(2)17(16(22)23)7-8-19(10-17)15(21)12-5-3-4-6-13(12)24-9-14(18)20/h3-6,11H,7-10H2,1-2H3,(H2,18,20)(H,22,23). The van der Waals surface area contributed by atoms with Crippen molar-refractivity contribution in [3.8, 4) is 0 Å². The Kier molecular flexibility index (Phi) is 5.54. The quantitative estimate of drug-likeness (QED) is 0.763. The van der Waals surface area contributed by atoms with Crippen molar-refractivity contribution < 1.29 is 19.5 Å².